The molecule has 0 rings (SSSR count). The maximum absolute atomic E-state index is 11.5. The monoisotopic (exact) mass is 354 g/mol. The summed E-state index contributed by atoms with van der Waals surface area (Å²) in [4.78, 5) is 11.5. The number of hydrogen-bond acceptors (Lipinski definition) is 5. The van der Waals surface area contributed by atoms with Crippen molar-refractivity contribution < 1.29 is 21.9 Å². The average Bonchev–Trinajstić information content (AvgIpc) is 2.44. The largest absolute Gasteiger partial charge is 0.397 e. The van der Waals surface area contributed by atoms with Crippen LogP contribution in [0.25, 0.3) is 0 Å². The van der Waals surface area contributed by atoms with Crippen molar-refractivity contribution in [1.82, 2.24) is 11.5 Å². The molecule has 140 valence electrons. The van der Waals surface area contributed by atoms with Crippen LogP contribution in [0, 0.1) is 0 Å². The third kappa shape index (κ3) is 21.3. The summed E-state index contributed by atoms with van der Waals surface area (Å²) < 4.78 is 33.0. The fourth-order valence-corrected chi connectivity index (χ4v) is 2.48. The fourth-order valence-electron chi connectivity index (χ4n) is 2.15. The molecular formula is C15H34N2O5S. The highest BCUT2D eigenvalue weighted by molar-refractivity contribution is 7.80. The lowest BCUT2D eigenvalue weighted by Crippen LogP contribution is -2.25. The van der Waals surface area contributed by atoms with E-state index >= 15 is 0 Å². The Hall–Kier alpha value is -0.700. The molecule has 5 N–H and O–H groups in total. The molecule has 23 heavy (non-hydrogen) atoms. The molecule has 0 bridgehead atoms. The van der Waals surface area contributed by atoms with Gasteiger partial charge in [-0.3, -0.25) is 9.35 Å². The van der Waals surface area contributed by atoms with E-state index in [1.165, 1.54) is 44.9 Å². The Balaban J connectivity index is 0. The standard InChI is InChI=1S/C15H31NO5S.H3N/c1-2-3-4-5-6-7-8-9-10-12-15(17)16-13-11-14-21-22(18,19)20;/h2-14H2,1H3,(H,16,17)(H,18,19,20);1H3. The van der Waals surface area contributed by atoms with Gasteiger partial charge in [-0.1, -0.05) is 58.3 Å². The molecule has 7 nitrogen and oxygen atoms in total. The molecule has 8 heteroatoms. The van der Waals surface area contributed by atoms with Crippen LogP contribution >= 0.6 is 0 Å². The Labute approximate surface area is 141 Å². The van der Waals surface area contributed by atoms with Crippen LogP contribution in [-0.4, -0.2) is 32.0 Å². The van der Waals surface area contributed by atoms with Crippen molar-refractivity contribution in [3.05, 3.63) is 0 Å². The van der Waals surface area contributed by atoms with E-state index in [0.717, 1.165) is 12.8 Å². The quantitative estimate of drug-likeness (QED) is 0.305. The van der Waals surface area contributed by atoms with Crippen molar-refractivity contribution in [3.8, 4) is 0 Å². The molecular weight excluding hydrogens is 320 g/mol. The first-order valence-corrected chi connectivity index (χ1v) is 9.70. The predicted octanol–water partition coefficient (Wildman–Crippen LogP) is 3.39. The second-order valence-electron chi connectivity index (χ2n) is 5.53. The highest BCUT2D eigenvalue weighted by atomic mass is 32.3. The van der Waals surface area contributed by atoms with Gasteiger partial charge < -0.3 is 11.5 Å². The summed E-state index contributed by atoms with van der Waals surface area (Å²) in [6.07, 6.45) is 11.8. The lowest BCUT2D eigenvalue weighted by Gasteiger charge is -2.05. The molecule has 0 aromatic heterocycles. The molecule has 0 fully saturated rings. The molecule has 0 aliphatic carbocycles. The zero-order chi connectivity index (χ0) is 16.7. The van der Waals surface area contributed by atoms with Crippen LogP contribution in [0.5, 0.6) is 0 Å². The molecule has 0 radical (unpaired) electrons. The number of rotatable bonds is 15. The molecule has 0 atom stereocenters. The van der Waals surface area contributed by atoms with Crippen LogP contribution in [0.1, 0.15) is 77.6 Å². The third-order valence-corrected chi connectivity index (χ3v) is 3.85. The number of unbranched alkanes of at least 4 members (excludes halogenated alkanes) is 8. The molecule has 1 amide bonds. The second kappa shape index (κ2) is 16.2. The smallest absolute Gasteiger partial charge is 0.356 e. The SMILES string of the molecule is CCCCCCCCCCCC(=O)NCCCOS(=O)(=O)O.N. The predicted molar refractivity (Wildman–Crippen MR) is 92.0 cm³/mol. The summed E-state index contributed by atoms with van der Waals surface area (Å²) >= 11 is 0. The van der Waals surface area contributed by atoms with E-state index in [1.807, 2.05) is 0 Å². The first-order chi connectivity index (χ1) is 10.5. The summed E-state index contributed by atoms with van der Waals surface area (Å²) in [7, 11) is -4.37. The van der Waals surface area contributed by atoms with E-state index in [9.17, 15) is 13.2 Å². The number of nitrogens with one attached hydrogen (secondary N) is 1. The van der Waals surface area contributed by atoms with Crippen LogP contribution < -0.4 is 11.5 Å². The Morgan fingerprint density at radius 2 is 1.48 bits per heavy atom. The van der Waals surface area contributed by atoms with Gasteiger partial charge in [0.2, 0.25) is 5.91 Å². The van der Waals surface area contributed by atoms with Gasteiger partial charge in [0.15, 0.2) is 0 Å². The van der Waals surface area contributed by atoms with Crippen molar-refractivity contribution in [2.45, 2.75) is 77.6 Å². The summed E-state index contributed by atoms with van der Waals surface area (Å²) in [6.45, 7) is 2.44. The second-order valence-corrected chi connectivity index (χ2v) is 6.62. The van der Waals surface area contributed by atoms with Crippen molar-refractivity contribution in [3.63, 3.8) is 0 Å². The van der Waals surface area contributed by atoms with Crippen LogP contribution in [0.4, 0.5) is 0 Å². The van der Waals surface area contributed by atoms with Gasteiger partial charge in [0.05, 0.1) is 6.61 Å². The zero-order valence-corrected chi connectivity index (χ0v) is 15.2. The van der Waals surface area contributed by atoms with Gasteiger partial charge in [0.25, 0.3) is 0 Å². The van der Waals surface area contributed by atoms with Gasteiger partial charge in [0, 0.05) is 13.0 Å². The van der Waals surface area contributed by atoms with Crippen molar-refractivity contribution in [2.24, 2.45) is 0 Å². The van der Waals surface area contributed by atoms with Crippen molar-refractivity contribution in [1.29, 1.82) is 0 Å². The molecule has 0 aliphatic rings. The average molecular weight is 355 g/mol. The Morgan fingerprint density at radius 3 is 2.00 bits per heavy atom. The molecule has 0 heterocycles. The lowest BCUT2D eigenvalue weighted by atomic mass is 10.1. The summed E-state index contributed by atoms with van der Waals surface area (Å²) in [6, 6.07) is 0. The number of amides is 1. The zero-order valence-electron chi connectivity index (χ0n) is 14.4. The highest BCUT2D eigenvalue weighted by Gasteiger charge is 2.04. The van der Waals surface area contributed by atoms with Crippen LogP contribution in [0.15, 0.2) is 0 Å². The topological polar surface area (TPSA) is 128 Å². The van der Waals surface area contributed by atoms with Gasteiger partial charge in [-0.15, -0.1) is 0 Å². The van der Waals surface area contributed by atoms with Gasteiger partial charge in [-0.2, -0.15) is 8.42 Å². The van der Waals surface area contributed by atoms with E-state index in [1.54, 1.807) is 0 Å². The number of carbonyl (C=O) groups excluding carboxylic acids is 1. The molecule has 0 saturated heterocycles. The van der Waals surface area contributed by atoms with Crippen molar-refractivity contribution >= 4 is 16.3 Å². The minimum Gasteiger partial charge on any atom is -0.356 e. The molecule has 0 unspecified atom stereocenters. The van der Waals surface area contributed by atoms with E-state index in [-0.39, 0.29) is 18.7 Å². The lowest BCUT2D eigenvalue weighted by molar-refractivity contribution is -0.121. The first-order valence-electron chi connectivity index (χ1n) is 8.34. The molecule has 0 saturated carbocycles. The van der Waals surface area contributed by atoms with E-state index in [4.69, 9.17) is 4.55 Å². The van der Waals surface area contributed by atoms with Gasteiger partial charge in [0.1, 0.15) is 0 Å². The summed E-state index contributed by atoms with van der Waals surface area (Å²) in [5, 5.41) is 2.70. The molecule has 0 aromatic carbocycles. The Kier molecular flexibility index (Phi) is 17.3. The molecule has 0 spiro atoms. The van der Waals surface area contributed by atoms with E-state index < -0.39 is 10.4 Å². The Bertz CT molecular complexity index is 374. The normalized spacial score (nSPS) is 11.0. The van der Waals surface area contributed by atoms with Crippen molar-refractivity contribution in [2.75, 3.05) is 13.2 Å². The van der Waals surface area contributed by atoms with E-state index in [0.29, 0.717) is 19.4 Å². The van der Waals surface area contributed by atoms with Crippen LogP contribution in [0.2, 0.25) is 0 Å². The summed E-state index contributed by atoms with van der Waals surface area (Å²) in [5.74, 6) is -0.0187. The van der Waals surface area contributed by atoms with Crippen LogP contribution in [0.3, 0.4) is 0 Å². The maximum atomic E-state index is 11.5. The van der Waals surface area contributed by atoms with E-state index in [2.05, 4.69) is 16.4 Å². The minimum absolute atomic E-state index is 0. The first kappa shape index (κ1) is 24.6. The maximum Gasteiger partial charge on any atom is 0.397 e. The number of carbonyl (C=O) groups is 1. The fraction of sp³-hybridized carbons (Fsp3) is 0.933. The van der Waals surface area contributed by atoms with Gasteiger partial charge in [-0.25, -0.2) is 4.18 Å². The number of hydrogen-bond donors (Lipinski definition) is 3. The highest BCUT2D eigenvalue weighted by Crippen LogP contribution is 2.10. The Morgan fingerprint density at radius 1 is 0.957 bits per heavy atom. The minimum atomic E-state index is -4.37. The molecule has 0 aromatic rings. The van der Waals surface area contributed by atoms with Crippen LogP contribution in [-0.2, 0) is 19.4 Å². The van der Waals surface area contributed by atoms with Gasteiger partial charge >= 0.3 is 10.4 Å². The molecule has 0 aliphatic heterocycles. The third-order valence-electron chi connectivity index (χ3n) is 3.38. The summed E-state index contributed by atoms with van der Waals surface area (Å²) in [5.41, 5.74) is 0. The van der Waals surface area contributed by atoms with Gasteiger partial charge in [-0.05, 0) is 12.8 Å².